The van der Waals surface area contributed by atoms with Gasteiger partial charge in [0.2, 0.25) is 10.1 Å². The topological polar surface area (TPSA) is 133 Å². The van der Waals surface area contributed by atoms with Gasteiger partial charge >= 0.3 is 10.0 Å². The van der Waals surface area contributed by atoms with Crippen molar-refractivity contribution in [1.82, 2.24) is 4.52 Å². The SMILES string of the molecule is O=[N+]([O-])N([N+](=O)[O-])S(=O)(=O)CCCCOc1ccccc1. The Balaban J connectivity index is 2.40. The van der Waals surface area contributed by atoms with Crippen LogP contribution in [0.4, 0.5) is 0 Å². The number of hydrogen-bond acceptors (Lipinski definition) is 7. The van der Waals surface area contributed by atoms with Crippen molar-refractivity contribution in [2.24, 2.45) is 0 Å². The minimum absolute atomic E-state index is 0.00729. The van der Waals surface area contributed by atoms with E-state index in [4.69, 9.17) is 4.74 Å². The number of rotatable bonds is 9. The molecule has 0 aliphatic heterocycles. The van der Waals surface area contributed by atoms with Crippen molar-refractivity contribution >= 4 is 10.0 Å². The number of nitrogens with zero attached hydrogens (tertiary/aromatic N) is 3. The highest BCUT2D eigenvalue weighted by Gasteiger charge is 2.42. The summed E-state index contributed by atoms with van der Waals surface area (Å²) in [7, 11) is -4.59. The molecule has 0 aliphatic carbocycles. The predicted octanol–water partition coefficient (Wildman–Crippen LogP) is 0.861. The lowest BCUT2D eigenvalue weighted by Crippen LogP contribution is -2.42. The van der Waals surface area contributed by atoms with Gasteiger partial charge in [-0.15, -0.1) is 0 Å². The van der Waals surface area contributed by atoms with Gasteiger partial charge < -0.3 is 4.74 Å². The molecule has 0 radical (unpaired) electrons. The minimum Gasteiger partial charge on any atom is -0.494 e. The third-order valence-electron chi connectivity index (χ3n) is 2.34. The van der Waals surface area contributed by atoms with Crippen LogP contribution in [0.1, 0.15) is 12.8 Å². The Hall–Kier alpha value is -2.43. The summed E-state index contributed by atoms with van der Waals surface area (Å²) >= 11 is 0. The van der Waals surface area contributed by atoms with E-state index in [2.05, 4.69) is 0 Å². The lowest BCUT2D eigenvalue weighted by molar-refractivity contribution is -0.870. The van der Waals surface area contributed by atoms with Gasteiger partial charge in [0.05, 0.1) is 12.4 Å². The van der Waals surface area contributed by atoms with E-state index >= 15 is 0 Å². The quantitative estimate of drug-likeness (QED) is 0.374. The lowest BCUT2D eigenvalue weighted by atomic mass is 10.3. The number of sulfonamides is 1. The standard InChI is InChI=1S/C10H13N3O7S/c14-12(15)11(13(16)17)21(18,19)9-5-4-8-20-10-6-2-1-3-7-10/h1-3,6-7H,4-5,8-9H2. The molecular weight excluding hydrogens is 306 g/mol. The van der Waals surface area contributed by atoms with Gasteiger partial charge in [0.1, 0.15) is 5.75 Å². The second-order valence-electron chi connectivity index (χ2n) is 3.88. The molecule has 0 heterocycles. The first-order chi connectivity index (χ1) is 9.84. The van der Waals surface area contributed by atoms with Crippen molar-refractivity contribution in [1.29, 1.82) is 0 Å². The highest BCUT2D eigenvalue weighted by Crippen LogP contribution is 2.10. The van der Waals surface area contributed by atoms with Crippen molar-refractivity contribution in [3.8, 4) is 5.75 Å². The van der Waals surface area contributed by atoms with Crippen LogP contribution >= 0.6 is 0 Å². The van der Waals surface area contributed by atoms with E-state index in [9.17, 15) is 28.6 Å². The molecule has 21 heavy (non-hydrogen) atoms. The molecule has 0 amide bonds. The van der Waals surface area contributed by atoms with Crippen LogP contribution in [0.25, 0.3) is 0 Å². The fourth-order valence-corrected chi connectivity index (χ4v) is 2.58. The molecule has 1 aromatic carbocycles. The first-order valence-corrected chi connectivity index (χ1v) is 7.45. The number of hydrogen-bond donors (Lipinski definition) is 0. The number of hydrazine groups is 2. The summed E-state index contributed by atoms with van der Waals surface area (Å²) in [4.78, 5) is 20.7. The first-order valence-electron chi connectivity index (χ1n) is 5.84. The Labute approximate surface area is 120 Å². The van der Waals surface area contributed by atoms with E-state index in [-0.39, 0.29) is 19.4 Å². The van der Waals surface area contributed by atoms with Crippen molar-refractivity contribution in [2.75, 3.05) is 12.4 Å². The Morgan fingerprint density at radius 3 is 2.14 bits per heavy atom. The van der Waals surface area contributed by atoms with E-state index in [0.29, 0.717) is 5.75 Å². The molecule has 0 saturated heterocycles. The molecule has 1 rings (SSSR count). The molecule has 116 valence electrons. The highest BCUT2D eigenvalue weighted by molar-refractivity contribution is 7.88. The average molecular weight is 319 g/mol. The van der Waals surface area contributed by atoms with Crippen LogP contribution in [0, 0.1) is 20.2 Å². The summed E-state index contributed by atoms with van der Waals surface area (Å²) in [6.45, 7) is 0.205. The number of benzene rings is 1. The normalized spacial score (nSPS) is 10.9. The second kappa shape index (κ2) is 7.38. The highest BCUT2D eigenvalue weighted by atomic mass is 32.2. The zero-order valence-electron chi connectivity index (χ0n) is 10.8. The largest absolute Gasteiger partial charge is 0.494 e. The summed E-state index contributed by atoms with van der Waals surface area (Å²) in [5, 5.41) is 17.5. The van der Waals surface area contributed by atoms with E-state index in [1.165, 1.54) is 0 Å². The summed E-state index contributed by atoms with van der Waals surface area (Å²) in [6, 6.07) is 8.79. The molecule has 0 spiro atoms. The summed E-state index contributed by atoms with van der Waals surface area (Å²) < 4.78 is 27.2. The van der Waals surface area contributed by atoms with E-state index in [1.807, 2.05) is 6.07 Å². The summed E-state index contributed by atoms with van der Waals surface area (Å²) in [5.41, 5.74) is 0. The molecular formula is C10H13N3O7S. The van der Waals surface area contributed by atoms with Crippen LogP contribution in [-0.2, 0) is 10.0 Å². The zero-order chi connectivity index (χ0) is 15.9. The maximum Gasteiger partial charge on any atom is 0.351 e. The van der Waals surface area contributed by atoms with Gasteiger partial charge in [-0.25, -0.2) is 20.2 Å². The van der Waals surface area contributed by atoms with Gasteiger partial charge in [-0.05, 0) is 25.0 Å². The number of ether oxygens (including phenoxy) is 1. The third-order valence-corrected chi connectivity index (χ3v) is 3.91. The van der Waals surface area contributed by atoms with Gasteiger partial charge in [-0.1, -0.05) is 18.2 Å². The molecule has 11 heteroatoms. The number of para-hydroxylation sites is 1. The van der Waals surface area contributed by atoms with E-state index in [1.54, 1.807) is 24.3 Å². The molecule has 1 aromatic rings. The molecule has 0 aliphatic rings. The van der Waals surface area contributed by atoms with Crippen LogP contribution in [-0.4, -0.2) is 35.4 Å². The lowest BCUT2D eigenvalue weighted by Gasteiger charge is -2.06. The first kappa shape index (κ1) is 16.6. The summed E-state index contributed by atoms with van der Waals surface area (Å²) in [5.74, 6) is -0.0924. The molecule has 0 N–H and O–H groups in total. The molecule has 0 unspecified atom stereocenters. The number of nitro groups is 2. The zero-order valence-corrected chi connectivity index (χ0v) is 11.6. The smallest absolute Gasteiger partial charge is 0.351 e. The molecule has 0 atom stereocenters. The van der Waals surface area contributed by atoms with Gasteiger partial charge in [-0.2, -0.15) is 8.42 Å². The Morgan fingerprint density at radius 2 is 1.62 bits per heavy atom. The number of unbranched alkanes of at least 4 members (excludes halogenated alkanes) is 1. The van der Waals surface area contributed by atoms with Gasteiger partial charge in [-0.3, -0.25) is 0 Å². The Morgan fingerprint density at radius 1 is 1.05 bits per heavy atom. The van der Waals surface area contributed by atoms with Crippen LogP contribution in [0.2, 0.25) is 0 Å². The Kier molecular flexibility index (Phi) is 5.84. The Bertz CT molecular complexity index is 576. The van der Waals surface area contributed by atoms with Gasteiger partial charge in [0, 0.05) is 0 Å². The van der Waals surface area contributed by atoms with E-state index in [0.717, 1.165) is 0 Å². The monoisotopic (exact) mass is 319 g/mol. The van der Waals surface area contributed by atoms with Crippen LogP contribution < -0.4 is 4.74 Å². The maximum absolute atomic E-state index is 11.4. The summed E-state index contributed by atoms with van der Waals surface area (Å²) in [6.07, 6.45) is 0.296. The van der Waals surface area contributed by atoms with Crippen molar-refractivity contribution < 1.29 is 23.2 Å². The van der Waals surface area contributed by atoms with Crippen molar-refractivity contribution in [3.05, 3.63) is 50.6 Å². The van der Waals surface area contributed by atoms with Crippen LogP contribution in [0.3, 0.4) is 0 Å². The minimum atomic E-state index is -4.59. The fourth-order valence-electron chi connectivity index (χ4n) is 1.44. The molecule has 0 bridgehead atoms. The maximum atomic E-state index is 11.4. The molecule has 0 fully saturated rings. The molecule has 10 nitrogen and oxygen atoms in total. The molecule has 0 aromatic heterocycles. The average Bonchev–Trinajstić information content (AvgIpc) is 2.37. The van der Waals surface area contributed by atoms with Crippen molar-refractivity contribution in [3.63, 3.8) is 0 Å². The van der Waals surface area contributed by atoms with Gasteiger partial charge in [0.25, 0.3) is 4.52 Å². The molecule has 0 saturated carbocycles. The third kappa shape index (κ3) is 5.22. The van der Waals surface area contributed by atoms with E-state index < -0.39 is 30.4 Å². The van der Waals surface area contributed by atoms with Crippen LogP contribution in [0.5, 0.6) is 5.75 Å². The van der Waals surface area contributed by atoms with Crippen LogP contribution in [0.15, 0.2) is 30.3 Å². The fraction of sp³-hybridized carbons (Fsp3) is 0.400. The van der Waals surface area contributed by atoms with Gasteiger partial charge in [0.15, 0.2) is 0 Å². The second-order valence-corrected chi connectivity index (χ2v) is 5.78. The van der Waals surface area contributed by atoms with Crippen molar-refractivity contribution in [2.45, 2.75) is 12.8 Å². The predicted molar refractivity (Wildman–Crippen MR) is 70.8 cm³/mol.